The summed E-state index contributed by atoms with van der Waals surface area (Å²) in [7, 11) is 1.59. The number of methoxy groups -OCH3 is 1. The summed E-state index contributed by atoms with van der Waals surface area (Å²) in [5.41, 5.74) is 4.45. The number of nitrogens with zero attached hydrogens (tertiary/aromatic N) is 3. The summed E-state index contributed by atoms with van der Waals surface area (Å²) in [4.78, 5) is 12.3. The SMILES string of the molecule is COc1cc(CNc2ncnc(NN)c2C)ccn1. The third kappa shape index (κ3) is 3.08. The number of hydrazine groups is 1. The van der Waals surface area contributed by atoms with E-state index in [1.165, 1.54) is 6.33 Å². The standard InChI is InChI=1S/C12H16N6O/c1-8-11(16-7-17-12(8)18-13)15-6-9-3-4-14-10(5-9)19-2/h3-5,7H,6,13H2,1-2H3,(H2,15,16,17,18). The molecule has 0 aliphatic carbocycles. The van der Waals surface area contributed by atoms with Crippen LogP contribution in [0.1, 0.15) is 11.1 Å². The molecule has 2 heterocycles. The average Bonchev–Trinajstić information content (AvgIpc) is 2.46. The van der Waals surface area contributed by atoms with Crippen LogP contribution >= 0.6 is 0 Å². The topological polar surface area (TPSA) is 98.0 Å². The first-order chi connectivity index (χ1) is 9.24. The molecule has 100 valence electrons. The average molecular weight is 260 g/mol. The van der Waals surface area contributed by atoms with Crippen molar-refractivity contribution in [2.45, 2.75) is 13.5 Å². The summed E-state index contributed by atoms with van der Waals surface area (Å²) in [6, 6.07) is 3.78. The molecule has 2 aromatic rings. The molecule has 2 rings (SSSR count). The molecule has 0 unspecified atom stereocenters. The summed E-state index contributed by atoms with van der Waals surface area (Å²) in [5, 5.41) is 3.23. The Bertz CT molecular complexity index is 560. The van der Waals surface area contributed by atoms with Crippen molar-refractivity contribution in [3.05, 3.63) is 35.8 Å². The van der Waals surface area contributed by atoms with E-state index in [0.29, 0.717) is 18.2 Å². The molecule has 0 fully saturated rings. The summed E-state index contributed by atoms with van der Waals surface area (Å²) >= 11 is 0. The molecule has 0 atom stereocenters. The van der Waals surface area contributed by atoms with Gasteiger partial charge in [0, 0.05) is 24.4 Å². The molecule has 2 aromatic heterocycles. The fourth-order valence-electron chi connectivity index (χ4n) is 1.63. The minimum Gasteiger partial charge on any atom is -0.481 e. The maximum absolute atomic E-state index is 5.37. The van der Waals surface area contributed by atoms with Gasteiger partial charge in [0.05, 0.1) is 7.11 Å². The highest BCUT2D eigenvalue weighted by Crippen LogP contribution is 2.18. The number of hydrogen-bond acceptors (Lipinski definition) is 7. The Kier molecular flexibility index (Phi) is 4.09. The summed E-state index contributed by atoms with van der Waals surface area (Å²) in [5.74, 6) is 7.29. The molecule has 0 aliphatic heterocycles. The molecule has 0 bridgehead atoms. The maximum atomic E-state index is 5.37. The van der Waals surface area contributed by atoms with E-state index in [2.05, 4.69) is 25.7 Å². The van der Waals surface area contributed by atoms with Gasteiger partial charge in [0.2, 0.25) is 5.88 Å². The van der Waals surface area contributed by atoms with Crippen LogP contribution in [0.3, 0.4) is 0 Å². The highest BCUT2D eigenvalue weighted by atomic mass is 16.5. The molecule has 0 aromatic carbocycles. The van der Waals surface area contributed by atoms with Gasteiger partial charge in [0.15, 0.2) is 0 Å². The molecule has 0 saturated carbocycles. The van der Waals surface area contributed by atoms with Gasteiger partial charge in [0.1, 0.15) is 18.0 Å². The molecule has 4 N–H and O–H groups in total. The second-order valence-corrected chi connectivity index (χ2v) is 3.90. The third-order valence-corrected chi connectivity index (χ3v) is 2.69. The zero-order valence-corrected chi connectivity index (χ0v) is 10.8. The van der Waals surface area contributed by atoms with E-state index in [1.54, 1.807) is 13.3 Å². The number of nitrogens with one attached hydrogen (secondary N) is 2. The first-order valence-corrected chi connectivity index (χ1v) is 5.75. The molecule has 0 radical (unpaired) electrons. The highest BCUT2D eigenvalue weighted by molar-refractivity contribution is 5.55. The van der Waals surface area contributed by atoms with Crippen LogP contribution in [-0.4, -0.2) is 22.1 Å². The van der Waals surface area contributed by atoms with Crippen molar-refractivity contribution in [1.29, 1.82) is 0 Å². The zero-order valence-electron chi connectivity index (χ0n) is 10.8. The minimum atomic E-state index is 0.586. The number of aromatic nitrogens is 3. The lowest BCUT2D eigenvalue weighted by atomic mass is 10.2. The quantitative estimate of drug-likeness (QED) is 0.546. The Hall–Kier alpha value is -2.41. The fourth-order valence-corrected chi connectivity index (χ4v) is 1.63. The van der Waals surface area contributed by atoms with E-state index in [0.717, 1.165) is 16.9 Å². The number of ether oxygens (including phenoxy) is 1. The number of anilines is 2. The van der Waals surface area contributed by atoms with Crippen LogP contribution < -0.4 is 21.3 Å². The van der Waals surface area contributed by atoms with Crippen molar-refractivity contribution in [2.75, 3.05) is 17.9 Å². The second-order valence-electron chi connectivity index (χ2n) is 3.90. The van der Waals surface area contributed by atoms with Crippen molar-refractivity contribution in [3.63, 3.8) is 0 Å². The van der Waals surface area contributed by atoms with Gasteiger partial charge in [0.25, 0.3) is 0 Å². The lowest BCUT2D eigenvalue weighted by molar-refractivity contribution is 0.397. The molecule has 7 nitrogen and oxygen atoms in total. The molecule has 0 spiro atoms. The van der Waals surface area contributed by atoms with Gasteiger partial charge in [-0.2, -0.15) is 0 Å². The number of nitrogen functional groups attached to an aromatic ring is 1. The van der Waals surface area contributed by atoms with Gasteiger partial charge in [-0.15, -0.1) is 0 Å². The van der Waals surface area contributed by atoms with Gasteiger partial charge >= 0.3 is 0 Å². The normalized spacial score (nSPS) is 10.1. The Morgan fingerprint density at radius 3 is 2.79 bits per heavy atom. The Morgan fingerprint density at radius 1 is 1.26 bits per heavy atom. The van der Waals surface area contributed by atoms with Crippen LogP contribution in [0.15, 0.2) is 24.7 Å². The van der Waals surface area contributed by atoms with Crippen LogP contribution in [0, 0.1) is 6.92 Å². The lowest BCUT2D eigenvalue weighted by Gasteiger charge is -2.11. The second kappa shape index (κ2) is 5.96. The van der Waals surface area contributed by atoms with Crippen molar-refractivity contribution < 1.29 is 4.74 Å². The van der Waals surface area contributed by atoms with Crippen molar-refractivity contribution in [2.24, 2.45) is 5.84 Å². The molecule has 7 heteroatoms. The van der Waals surface area contributed by atoms with Gasteiger partial charge in [-0.05, 0) is 18.6 Å². The first-order valence-electron chi connectivity index (χ1n) is 5.75. The van der Waals surface area contributed by atoms with Crippen LogP contribution in [0.25, 0.3) is 0 Å². The molecular weight excluding hydrogens is 244 g/mol. The molecular formula is C12H16N6O. The summed E-state index contributed by atoms with van der Waals surface area (Å²) < 4.78 is 5.08. The predicted molar refractivity (Wildman–Crippen MR) is 72.7 cm³/mol. The minimum absolute atomic E-state index is 0.586. The van der Waals surface area contributed by atoms with E-state index in [4.69, 9.17) is 10.6 Å². The predicted octanol–water partition coefficient (Wildman–Crippen LogP) is 1.09. The monoisotopic (exact) mass is 260 g/mol. The third-order valence-electron chi connectivity index (χ3n) is 2.69. The van der Waals surface area contributed by atoms with E-state index in [1.807, 2.05) is 19.1 Å². The van der Waals surface area contributed by atoms with E-state index in [9.17, 15) is 0 Å². The van der Waals surface area contributed by atoms with E-state index in [-0.39, 0.29) is 0 Å². The van der Waals surface area contributed by atoms with Crippen molar-refractivity contribution >= 4 is 11.6 Å². The molecule has 0 amide bonds. The molecule has 19 heavy (non-hydrogen) atoms. The van der Waals surface area contributed by atoms with Crippen LogP contribution in [-0.2, 0) is 6.54 Å². The Balaban J connectivity index is 2.10. The zero-order chi connectivity index (χ0) is 13.7. The van der Waals surface area contributed by atoms with Gasteiger partial charge in [-0.1, -0.05) is 0 Å². The summed E-state index contributed by atoms with van der Waals surface area (Å²) in [6.07, 6.45) is 3.16. The smallest absolute Gasteiger partial charge is 0.213 e. The largest absolute Gasteiger partial charge is 0.481 e. The van der Waals surface area contributed by atoms with Crippen LogP contribution in [0.5, 0.6) is 5.88 Å². The van der Waals surface area contributed by atoms with Gasteiger partial charge < -0.3 is 15.5 Å². The van der Waals surface area contributed by atoms with Gasteiger partial charge in [-0.25, -0.2) is 20.8 Å². The summed E-state index contributed by atoms with van der Waals surface area (Å²) in [6.45, 7) is 2.51. The first kappa shape index (κ1) is 13.0. The highest BCUT2D eigenvalue weighted by Gasteiger charge is 2.05. The van der Waals surface area contributed by atoms with Crippen LogP contribution in [0.2, 0.25) is 0 Å². The molecule has 0 saturated heterocycles. The molecule has 0 aliphatic rings. The number of rotatable bonds is 5. The van der Waals surface area contributed by atoms with Gasteiger partial charge in [-0.3, -0.25) is 0 Å². The van der Waals surface area contributed by atoms with E-state index >= 15 is 0 Å². The van der Waals surface area contributed by atoms with E-state index < -0.39 is 0 Å². The maximum Gasteiger partial charge on any atom is 0.213 e. The van der Waals surface area contributed by atoms with Crippen LogP contribution in [0.4, 0.5) is 11.6 Å². The lowest BCUT2D eigenvalue weighted by Crippen LogP contribution is -2.12. The van der Waals surface area contributed by atoms with Crippen molar-refractivity contribution in [3.8, 4) is 5.88 Å². The van der Waals surface area contributed by atoms with Crippen molar-refractivity contribution in [1.82, 2.24) is 15.0 Å². The number of nitrogens with two attached hydrogens (primary N) is 1. The Morgan fingerprint density at radius 2 is 2.05 bits per heavy atom. The number of hydrogen-bond donors (Lipinski definition) is 3. The Labute approximate surface area is 111 Å². The number of pyridine rings is 1. The fraction of sp³-hybridized carbons (Fsp3) is 0.250.